The van der Waals surface area contributed by atoms with Gasteiger partial charge in [-0.15, -0.1) is 23.5 Å². The maximum absolute atomic E-state index is 2.50. The third-order valence-electron chi connectivity index (χ3n) is 4.05. The highest BCUT2D eigenvalue weighted by Gasteiger charge is 2.43. The molecule has 0 radical (unpaired) electrons. The zero-order chi connectivity index (χ0) is 14.1. The Morgan fingerprint density at radius 2 is 1.53 bits per heavy atom. The fraction of sp³-hybridized carbons (Fsp3) is 0.625. The van der Waals surface area contributed by atoms with Gasteiger partial charge in [0.25, 0.3) is 0 Å². The third kappa shape index (κ3) is 3.71. The monoisotopic (exact) mass is 313 g/mol. The fourth-order valence-electron chi connectivity index (χ4n) is 2.30. The van der Waals surface area contributed by atoms with Crippen LogP contribution in [0.2, 0.25) is 0 Å². The number of rotatable bonds is 2. The van der Waals surface area contributed by atoms with E-state index in [1.54, 1.807) is 5.30 Å². The molecule has 0 saturated carbocycles. The molecule has 1 aliphatic heterocycles. The van der Waals surface area contributed by atoms with E-state index in [1.165, 1.54) is 11.5 Å². The van der Waals surface area contributed by atoms with E-state index >= 15 is 0 Å². The topological polar surface area (TPSA) is 0 Å². The van der Waals surface area contributed by atoms with Crippen LogP contribution in [-0.2, 0) is 0 Å². The van der Waals surface area contributed by atoms with E-state index in [-0.39, 0.29) is 0 Å². The first-order chi connectivity index (χ1) is 8.82. The van der Waals surface area contributed by atoms with Gasteiger partial charge in [-0.2, -0.15) is 0 Å². The van der Waals surface area contributed by atoms with Gasteiger partial charge >= 0.3 is 0 Å². The highest BCUT2D eigenvalue weighted by atomic mass is 32.2. The minimum Gasteiger partial charge on any atom is -0.107 e. The Morgan fingerprint density at radius 3 is 2.00 bits per heavy atom. The van der Waals surface area contributed by atoms with E-state index < -0.39 is 7.26 Å². The molecule has 1 aromatic rings. The van der Waals surface area contributed by atoms with Gasteiger partial charge in [0.1, 0.15) is 0 Å². The molecule has 0 unspecified atom stereocenters. The summed E-state index contributed by atoms with van der Waals surface area (Å²) in [5.41, 5.74) is 0.459. The van der Waals surface area contributed by atoms with Gasteiger partial charge in [0.15, 0.2) is 4.32 Å². The van der Waals surface area contributed by atoms with Crippen LogP contribution < -0.4 is 5.30 Å². The summed E-state index contributed by atoms with van der Waals surface area (Å²) < 4.78 is 0.786. The molecule has 2 rings (SSSR count). The van der Waals surface area contributed by atoms with Crippen LogP contribution in [0.25, 0.3) is 0 Å². The molecule has 0 bridgehead atoms. The van der Waals surface area contributed by atoms with Crippen LogP contribution in [0.3, 0.4) is 0 Å². The van der Waals surface area contributed by atoms with Crippen molar-refractivity contribution in [3.63, 3.8) is 0 Å². The molecular weight excluding hydrogens is 287 g/mol. The lowest BCUT2D eigenvalue weighted by Gasteiger charge is -2.38. The quantitative estimate of drug-likeness (QED) is 0.704. The molecule has 0 aliphatic carbocycles. The van der Waals surface area contributed by atoms with Gasteiger partial charge in [-0.25, -0.2) is 0 Å². The van der Waals surface area contributed by atoms with Crippen LogP contribution in [0.15, 0.2) is 30.3 Å². The standard InChI is InChI=1S/C16H26PS2/c1-16(2,3)13-11-18-15(19-12-13)17(4,5)14-9-7-6-8-10-14/h6-10,13,15H,11-12H2,1-5H3/q+1. The van der Waals surface area contributed by atoms with Gasteiger partial charge in [0, 0.05) is 11.5 Å². The smallest absolute Gasteiger partial charge is 0.107 e. The second kappa shape index (κ2) is 6.00. The molecule has 1 aromatic carbocycles. The van der Waals surface area contributed by atoms with Crippen LogP contribution in [-0.4, -0.2) is 29.2 Å². The molecule has 0 nitrogen and oxygen atoms in total. The first-order valence-electron chi connectivity index (χ1n) is 6.94. The predicted octanol–water partition coefficient (Wildman–Crippen LogP) is 5.02. The predicted molar refractivity (Wildman–Crippen MR) is 96.5 cm³/mol. The molecule has 0 N–H and O–H groups in total. The summed E-state index contributed by atoms with van der Waals surface area (Å²) in [6.45, 7) is 12.2. The van der Waals surface area contributed by atoms with Gasteiger partial charge < -0.3 is 0 Å². The van der Waals surface area contributed by atoms with Gasteiger partial charge in [-0.3, -0.25) is 0 Å². The molecule has 0 amide bonds. The second-order valence-corrected chi connectivity index (χ2v) is 14.3. The summed E-state index contributed by atoms with van der Waals surface area (Å²) in [7, 11) is -1.02. The molecule has 1 heterocycles. The minimum atomic E-state index is -1.02. The largest absolute Gasteiger partial charge is 0.164 e. The molecule has 1 saturated heterocycles. The first kappa shape index (κ1) is 15.7. The fourth-order valence-corrected chi connectivity index (χ4v) is 10.7. The van der Waals surface area contributed by atoms with Crippen LogP contribution in [0, 0.1) is 11.3 Å². The summed E-state index contributed by atoms with van der Waals surface area (Å²) in [5.74, 6) is 3.52. The third-order valence-corrected chi connectivity index (χ3v) is 13.4. The van der Waals surface area contributed by atoms with Crippen molar-refractivity contribution in [3.8, 4) is 0 Å². The molecule has 0 atom stereocenters. The minimum absolute atomic E-state index is 0.459. The Kier molecular flexibility index (Phi) is 4.97. The molecule has 0 aromatic heterocycles. The van der Waals surface area contributed by atoms with E-state index in [4.69, 9.17) is 0 Å². The summed E-state index contributed by atoms with van der Waals surface area (Å²) in [4.78, 5) is 0. The van der Waals surface area contributed by atoms with Crippen molar-refractivity contribution < 1.29 is 0 Å². The zero-order valence-electron chi connectivity index (χ0n) is 12.7. The van der Waals surface area contributed by atoms with Crippen LogP contribution in [0.1, 0.15) is 20.8 Å². The summed E-state index contributed by atoms with van der Waals surface area (Å²) >= 11 is 4.42. The molecule has 0 spiro atoms. The van der Waals surface area contributed by atoms with Crippen LogP contribution in [0.5, 0.6) is 0 Å². The maximum atomic E-state index is 2.50. The summed E-state index contributed by atoms with van der Waals surface area (Å²) in [6.07, 6.45) is 0. The van der Waals surface area contributed by atoms with Gasteiger partial charge in [-0.05, 0) is 23.5 Å². The maximum Gasteiger partial charge on any atom is 0.164 e. The van der Waals surface area contributed by atoms with Crippen LogP contribution >= 0.6 is 30.8 Å². The van der Waals surface area contributed by atoms with E-state index in [1.807, 2.05) is 0 Å². The first-order valence-corrected chi connectivity index (χ1v) is 11.8. The Hall–Kier alpha value is 0.350. The summed E-state index contributed by atoms with van der Waals surface area (Å²) in [5, 5.41) is 1.58. The van der Waals surface area contributed by atoms with Crippen molar-refractivity contribution in [2.45, 2.75) is 25.1 Å². The van der Waals surface area contributed by atoms with Crippen molar-refractivity contribution in [3.05, 3.63) is 30.3 Å². The Bertz CT molecular complexity index is 401. The highest BCUT2D eigenvalue weighted by Crippen LogP contribution is 2.65. The number of benzene rings is 1. The molecule has 3 heteroatoms. The summed E-state index contributed by atoms with van der Waals surface area (Å²) in [6, 6.07) is 11.1. The normalized spacial score (nSPS) is 25.3. The van der Waals surface area contributed by atoms with Gasteiger partial charge in [0.2, 0.25) is 0 Å². The van der Waals surface area contributed by atoms with Crippen molar-refractivity contribution in [2.75, 3.05) is 24.8 Å². The second-order valence-electron chi connectivity index (χ2n) is 6.91. The Morgan fingerprint density at radius 1 is 1.00 bits per heavy atom. The van der Waals surface area contributed by atoms with Gasteiger partial charge in [-0.1, -0.05) is 39.0 Å². The lowest BCUT2D eigenvalue weighted by atomic mass is 9.83. The number of thioether (sulfide) groups is 2. The van der Waals surface area contributed by atoms with Crippen molar-refractivity contribution in [1.82, 2.24) is 0 Å². The molecule has 1 fully saturated rings. The van der Waals surface area contributed by atoms with E-state index in [0.29, 0.717) is 5.41 Å². The zero-order valence-corrected chi connectivity index (χ0v) is 15.2. The van der Waals surface area contributed by atoms with Crippen LogP contribution in [0.4, 0.5) is 0 Å². The van der Waals surface area contributed by atoms with E-state index in [0.717, 1.165) is 10.2 Å². The SMILES string of the molecule is CC(C)(C)C1CSC([P+](C)(C)c2ccccc2)SC1. The number of hydrogen-bond donors (Lipinski definition) is 0. The Balaban J connectivity index is 2.05. The molecule has 1 aliphatic rings. The van der Waals surface area contributed by atoms with Crippen molar-refractivity contribution in [2.24, 2.45) is 11.3 Å². The molecule has 106 valence electrons. The highest BCUT2D eigenvalue weighted by molar-refractivity contribution is 8.27. The molecule has 19 heavy (non-hydrogen) atoms. The average molecular weight is 313 g/mol. The van der Waals surface area contributed by atoms with E-state index in [9.17, 15) is 0 Å². The lowest BCUT2D eigenvalue weighted by molar-refractivity contribution is 0.293. The number of hydrogen-bond acceptors (Lipinski definition) is 2. The van der Waals surface area contributed by atoms with Crippen molar-refractivity contribution >= 4 is 36.1 Å². The van der Waals surface area contributed by atoms with E-state index in [2.05, 4.69) is 88.0 Å². The lowest BCUT2D eigenvalue weighted by Crippen LogP contribution is -2.31. The van der Waals surface area contributed by atoms with Gasteiger partial charge in [0.05, 0.1) is 25.9 Å². The molecular formula is C16H26PS2+. The van der Waals surface area contributed by atoms with Crippen molar-refractivity contribution in [1.29, 1.82) is 0 Å². The Labute approximate surface area is 127 Å². The average Bonchev–Trinajstić information content (AvgIpc) is 2.39.